The second-order valence-corrected chi connectivity index (χ2v) is 57.2. The summed E-state index contributed by atoms with van der Waals surface area (Å²) in [5.74, 6) is 0.764. The molecule has 4 aliphatic rings. The molecule has 0 aliphatic carbocycles. The summed E-state index contributed by atoms with van der Waals surface area (Å²) < 4.78 is 72.2. The molecule has 16 atom stereocenters. The minimum atomic E-state index is -2.81. The Morgan fingerprint density at radius 1 is 0.377 bits per heavy atom. The van der Waals surface area contributed by atoms with Gasteiger partial charge in [-0.1, -0.05) is 249 Å². The van der Waals surface area contributed by atoms with Crippen LogP contribution in [0.5, 0.6) is 0 Å². The van der Waals surface area contributed by atoms with Gasteiger partial charge in [-0.05, 0) is 83.5 Å². The average molecular weight is 2190 g/mol. The molecule has 146 heavy (non-hydrogen) atoms. The van der Waals surface area contributed by atoms with Gasteiger partial charge >= 0.3 is 0 Å². The fourth-order valence-corrected chi connectivity index (χ4v) is 32.4. The van der Waals surface area contributed by atoms with E-state index in [9.17, 15) is 29.4 Å². The molecule has 40 nitrogen and oxygen atoms in total. The molecular formula is C96H132N24O16S8Si2. The van der Waals surface area contributed by atoms with Gasteiger partial charge in [0.25, 0.3) is 38.9 Å². The van der Waals surface area contributed by atoms with Crippen LogP contribution in [0.3, 0.4) is 0 Å². The topological polar surface area (TPSA) is 449 Å². The van der Waals surface area contributed by atoms with Gasteiger partial charge in [0.2, 0.25) is 23.8 Å². The summed E-state index contributed by atoms with van der Waals surface area (Å²) in [6, 6.07) is 42.3. The zero-order chi connectivity index (χ0) is 105. The number of hydrogen-bond acceptors (Lipinski definition) is 36. The van der Waals surface area contributed by atoms with E-state index in [1.54, 1.807) is 153 Å². The van der Waals surface area contributed by atoms with E-state index < -0.39 is 53.8 Å². The lowest BCUT2D eigenvalue weighted by Crippen LogP contribution is -2.67. The summed E-state index contributed by atoms with van der Waals surface area (Å²) in [5.41, 5.74) is 0.822. The molecule has 50 heteroatoms. The highest BCUT2D eigenvalue weighted by atomic mass is 33.1. The van der Waals surface area contributed by atoms with Crippen molar-refractivity contribution in [2.45, 2.75) is 200 Å². The number of hydrogen-bond donors (Lipinski definition) is 6. The largest absolute Gasteiger partial charge is 0.405 e. The van der Waals surface area contributed by atoms with E-state index in [0.29, 0.717) is 61.5 Å². The molecule has 0 bridgehead atoms. The van der Waals surface area contributed by atoms with E-state index in [0.717, 1.165) is 0 Å². The summed E-state index contributed by atoms with van der Waals surface area (Å²) in [5, 5.41) is 23.8. The normalized spacial score (nSPS) is 21.3. The van der Waals surface area contributed by atoms with Crippen LogP contribution < -0.4 is 43.0 Å². The van der Waals surface area contributed by atoms with Gasteiger partial charge in [-0.25, -0.2) is 39.9 Å². The van der Waals surface area contributed by atoms with E-state index in [-0.39, 0.29) is 150 Å². The van der Waals surface area contributed by atoms with E-state index in [1.165, 1.54) is 33.4 Å². The predicted octanol–water partition coefficient (Wildman–Crippen LogP) is 12.6. The van der Waals surface area contributed by atoms with Crippen molar-refractivity contribution in [3.05, 3.63) is 188 Å². The number of H-pyrrole nitrogens is 4. The van der Waals surface area contributed by atoms with Crippen LogP contribution in [0.15, 0.2) is 186 Å². The van der Waals surface area contributed by atoms with Crippen LogP contribution in [-0.2, 0) is 46.7 Å². The molecule has 788 valence electrons. The molecule has 4 fully saturated rings. The van der Waals surface area contributed by atoms with Crippen LogP contribution >= 0.6 is 86.4 Å². The Morgan fingerprint density at radius 3 is 0.788 bits per heavy atom. The Hall–Kier alpha value is -9.09. The summed E-state index contributed by atoms with van der Waals surface area (Å²) in [4.78, 5) is 120. The fourth-order valence-electron chi connectivity index (χ4n) is 17.7. The Kier molecular flexibility index (Phi) is 41.1. The molecule has 6 N–H and O–H groups in total. The number of aliphatic hydroxyl groups excluding tert-OH is 2. The van der Waals surface area contributed by atoms with Crippen molar-refractivity contribution in [3.8, 4) is 0 Å². The number of nitrogens with zero attached hydrogens (tertiary/aromatic N) is 20. The van der Waals surface area contributed by atoms with Crippen LogP contribution in [-0.4, -0.2) is 328 Å². The molecule has 4 unspecified atom stereocenters. The third kappa shape index (κ3) is 28.2. The number of nitrogens with one attached hydrogen (secondary N) is 4. The third-order valence-corrected chi connectivity index (χ3v) is 41.7. The van der Waals surface area contributed by atoms with Gasteiger partial charge in [-0.3, -0.25) is 57.4 Å². The number of imidazole rings is 4. The molecule has 0 spiro atoms. The van der Waals surface area contributed by atoms with Crippen molar-refractivity contribution in [1.29, 1.82) is 0 Å². The third-order valence-electron chi connectivity index (χ3n) is 23.8. The maximum Gasteiger partial charge on any atom is 0.280 e. The minimum Gasteiger partial charge on any atom is -0.405 e. The van der Waals surface area contributed by atoms with E-state index in [4.69, 9.17) is 46.7 Å². The van der Waals surface area contributed by atoms with Crippen molar-refractivity contribution >= 4 is 218 Å². The SMILES string of the molecule is CSS[C@@H](C)OC1C[C@H](n2cnc3c(=O)[nH]c(N=CN(C)C)nc32)O[C@@H]1CO.CSS[C@@H](C)OC1C[C@H](n2cnc3c(=O)[nH]c(N=CN(C)C)nc32)O[C@@H]1CO[Si](c1ccccc1)(c1ccccc1)C(C)(C)C.CSS[C@H](C)OC1C[C@H](n2cnc3c(=O)[nH]c(N=CN(C)C)nc32)O[C@@H]1CO.CSS[C@H](C)OC1C[C@H](n2cnc3c(=O)[nH]c(N=CN(C)C)nc32)O[C@@H]1CO[Si](c1ccccc1)(c1ccccc1)C(C)(C)C. The van der Waals surface area contributed by atoms with Gasteiger partial charge in [-0.2, -0.15) is 19.9 Å². The Labute approximate surface area is 881 Å². The molecule has 12 aromatic rings. The van der Waals surface area contributed by atoms with Crippen molar-refractivity contribution in [1.82, 2.24) is 97.7 Å². The Bertz CT molecular complexity index is 6110. The van der Waals surface area contributed by atoms with Gasteiger partial charge in [0.1, 0.15) is 71.1 Å². The molecular weight excluding hydrogens is 2060 g/mol. The standard InChI is InChI=1S/2C32H42N6O4S2Si.2C16H24N6O4S2/c2*1-22(44-43-7)41-25-18-27(38-21-33-28-29(38)35-31(36-30(28)39)34-20-37(5)6)42-26(25)19-40-45(32(2,3)4,23-14-10-8-11-15-23)24-16-12-9-13-17-24;2*1-9(28-27-4)25-10-5-12(26-11(10)6-23)22-8-17-13-14(22)19-16(20-15(13)24)18-7-21(2)3/h2*8-17,20-22,25-27H,18-19H2,1-7H3,(H,35,36,39);2*7-12,23H,5-6H2,1-4H3,(H,19,20,24)/t22-,25?,26+,27+;22-,25?,26-,27-;9-,10?,11+,12+;9-,10?,11-,12-/m0101/s1. The van der Waals surface area contributed by atoms with Gasteiger partial charge in [-0.15, -0.1) is 0 Å². The molecule has 0 amide bonds. The lowest BCUT2D eigenvalue weighted by Gasteiger charge is -2.43. The summed E-state index contributed by atoms with van der Waals surface area (Å²) in [7, 11) is 22.2. The van der Waals surface area contributed by atoms with Crippen molar-refractivity contribution < 1.29 is 57.0 Å². The zero-order valence-electron chi connectivity index (χ0n) is 85.9. The van der Waals surface area contributed by atoms with Crippen LogP contribution in [0, 0.1) is 0 Å². The number of aliphatic hydroxyl groups is 2. The second kappa shape index (κ2) is 52.6. The first kappa shape index (κ1) is 114. The second-order valence-electron chi connectivity index (χ2n) is 37.5. The Balaban J connectivity index is 0.000000167. The zero-order valence-corrected chi connectivity index (χ0v) is 94.4. The van der Waals surface area contributed by atoms with Crippen LogP contribution in [0.2, 0.25) is 10.1 Å². The first-order valence-corrected chi connectivity index (χ1v) is 61.6. The van der Waals surface area contributed by atoms with Crippen LogP contribution in [0.25, 0.3) is 44.7 Å². The van der Waals surface area contributed by atoms with Crippen molar-refractivity contribution in [3.63, 3.8) is 0 Å². The van der Waals surface area contributed by atoms with Crippen LogP contribution in [0.4, 0.5) is 23.8 Å². The molecule has 4 aliphatic heterocycles. The average Bonchev–Trinajstić information content (AvgIpc) is 0.896. The maximum atomic E-state index is 12.8. The lowest BCUT2D eigenvalue weighted by molar-refractivity contribution is -0.0628. The minimum absolute atomic E-state index is 0.0381. The summed E-state index contributed by atoms with van der Waals surface area (Å²) in [6.07, 6.45) is 18.2. The highest BCUT2D eigenvalue weighted by Crippen LogP contribution is 2.45. The molecule has 12 heterocycles. The number of aromatic nitrogens is 16. The monoisotopic (exact) mass is 2190 g/mol. The van der Waals surface area contributed by atoms with Gasteiger partial charge in [0, 0.05) is 82.1 Å². The smallest absolute Gasteiger partial charge is 0.280 e. The highest BCUT2D eigenvalue weighted by Gasteiger charge is 2.54. The predicted molar refractivity (Wildman–Crippen MR) is 597 cm³/mol. The van der Waals surface area contributed by atoms with E-state index in [2.05, 4.69) is 232 Å². The number of ether oxygens (including phenoxy) is 8. The van der Waals surface area contributed by atoms with E-state index >= 15 is 0 Å². The number of aliphatic imine (C=N–C) groups is 4. The van der Waals surface area contributed by atoms with Crippen molar-refractivity contribution in [2.75, 3.05) is 108 Å². The number of aromatic amines is 4. The van der Waals surface area contributed by atoms with Crippen LogP contribution in [0.1, 0.15) is 120 Å². The molecule has 4 aromatic carbocycles. The highest BCUT2D eigenvalue weighted by molar-refractivity contribution is 8.77. The lowest BCUT2D eigenvalue weighted by atomic mass is 10.2. The Morgan fingerprint density at radius 2 is 0.589 bits per heavy atom. The molecule has 8 aromatic heterocycles. The quantitative estimate of drug-likeness (QED) is 0.00683. The summed E-state index contributed by atoms with van der Waals surface area (Å²) >= 11 is 0. The fraction of sp³-hybridized carbons (Fsp3) is 0.500. The number of fused-ring (bicyclic) bond motifs is 4. The maximum absolute atomic E-state index is 12.8. The van der Waals surface area contributed by atoms with Gasteiger partial charge in [0.15, 0.2) is 44.7 Å². The first-order chi connectivity index (χ1) is 69.9. The first-order valence-electron chi connectivity index (χ1n) is 47.3. The summed E-state index contributed by atoms with van der Waals surface area (Å²) in [6.45, 7) is 22.0. The number of benzene rings is 4. The van der Waals surface area contributed by atoms with E-state index in [1.807, 2.05) is 129 Å². The van der Waals surface area contributed by atoms with Gasteiger partial charge in [0.05, 0.1) is 102 Å². The number of rotatable bonds is 40. The molecule has 16 rings (SSSR count). The van der Waals surface area contributed by atoms with Crippen molar-refractivity contribution in [2.24, 2.45) is 20.0 Å². The molecule has 0 saturated carbocycles. The van der Waals surface area contributed by atoms with Gasteiger partial charge < -0.3 is 76.6 Å². The molecule has 0 radical (unpaired) electrons. The molecule has 4 saturated heterocycles.